The number of likely N-dealkylation sites (tertiary alicyclic amines) is 1. The summed E-state index contributed by atoms with van der Waals surface area (Å²) in [5, 5.41) is 11.2. The first-order valence-corrected chi connectivity index (χ1v) is 8.85. The molecule has 2 aliphatic rings. The molecule has 2 fully saturated rings. The number of imide groups is 1. The number of rotatable bonds is 6. The van der Waals surface area contributed by atoms with Gasteiger partial charge in [-0.05, 0) is 37.1 Å². The van der Waals surface area contributed by atoms with Crippen LogP contribution in [-0.4, -0.2) is 35.8 Å². The Morgan fingerprint density at radius 2 is 1.77 bits per heavy atom. The summed E-state index contributed by atoms with van der Waals surface area (Å²) in [7, 11) is 0. The van der Waals surface area contributed by atoms with E-state index in [1.807, 2.05) is 6.07 Å². The summed E-state index contributed by atoms with van der Waals surface area (Å²) in [6, 6.07) is 8.54. The van der Waals surface area contributed by atoms with Crippen molar-refractivity contribution in [2.75, 3.05) is 18.5 Å². The quantitative estimate of drug-likeness (QED) is 0.788. The minimum atomic E-state index is -0.258. The summed E-state index contributed by atoms with van der Waals surface area (Å²) in [6.45, 7) is 0.0887. The lowest BCUT2D eigenvalue weighted by Crippen LogP contribution is -2.34. The van der Waals surface area contributed by atoms with Crippen molar-refractivity contribution in [3.63, 3.8) is 0 Å². The van der Waals surface area contributed by atoms with Gasteiger partial charge in [-0.2, -0.15) is 5.26 Å². The second-order valence-electron chi connectivity index (χ2n) is 6.59. The van der Waals surface area contributed by atoms with E-state index < -0.39 is 0 Å². The first kappa shape index (κ1) is 17.9. The number of hydrogen-bond donors (Lipinski definition) is 1. The third kappa shape index (κ3) is 3.85. The Bertz CT molecular complexity index is 714. The van der Waals surface area contributed by atoms with Crippen LogP contribution in [0.5, 0.6) is 5.75 Å². The van der Waals surface area contributed by atoms with E-state index in [1.54, 1.807) is 24.3 Å². The first-order chi connectivity index (χ1) is 12.6. The number of benzene rings is 1. The van der Waals surface area contributed by atoms with Crippen LogP contribution in [0.3, 0.4) is 0 Å². The maximum Gasteiger partial charge on any atom is 0.233 e. The molecule has 1 N–H and O–H groups in total. The molecule has 2 atom stereocenters. The van der Waals surface area contributed by atoms with Crippen LogP contribution in [0.15, 0.2) is 24.3 Å². The van der Waals surface area contributed by atoms with Gasteiger partial charge in [0.05, 0.1) is 11.8 Å². The Hall–Kier alpha value is -2.88. The maximum atomic E-state index is 12.4. The van der Waals surface area contributed by atoms with Crippen molar-refractivity contribution in [3.8, 4) is 11.8 Å². The molecule has 1 saturated heterocycles. The highest BCUT2D eigenvalue weighted by atomic mass is 16.5. The van der Waals surface area contributed by atoms with E-state index in [0.717, 1.165) is 25.7 Å². The lowest BCUT2D eigenvalue weighted by atomic mass is 9.81. The van der Waals surface area contributed by atoms with Crippen molar-refractivity contribution in [2.24, 2.45) is 11.8 Å². The molecule has 0 radical (unpaired) electrons. The van der Waals surface area contributed by atoms with E-state index in [0.29, 0.717) is 11.4 Å². The lowest BCUT2D eigenvalue weighted by molar-refractivity contribution is -0.140. The topological polar surface area (TPSA) is 99.5 Å². The number of hydrogen-bond acceptors (Lipinski definition) is 5. The predicted octanol–water partition coefficient (Wildman–Crippen LogP) is 2.09. The van der Waals surface area contributed by atoms with Gasteiger partial charge in [-0.15, -0.1) is 0 Å². The molecule has 1 aliphatic carbocycles. The minimum absolute atomic E-state index is 0.0361. The van der Waals surface area contributed by atoms with Gasteiger partial charge >= 0.3 is 0 Å². The van der Waals surface area contributed by atoms with E-state index in [1.165, 1.54) is 4.90 Å². The lowest BCUT2D eigenvalue weighted by Gasteiger charge is -2.19. The maximum absolute atomic E-state index is 12.4. The van der Waals surface area contributed by atoms with Crippen molar-refractivity contribution in [1.82, 2.24) is 4.90 Å². The Morgan fingerprint density at radius 1 is 1.15 bits per heavy atom. The van der Waals surface area contributed by atoms with E-state index in [2.05, 4.69) is 5.32 Å². The molecule has 3 rings (SSSR count). The molecule has 0 bridgehead atoms. The fourth-order valence-corrected chi connectivity index (χ4v) is 3.64. The number of nitrogens with one attached hydrogen (secondary N) is 1. The summed E-state index contributed by atoms with van der Waals surface area (Å²) >= 11 is 0. The number of carbonyl (C=O) groups excluding carboxylic acids is 3. The van der Waals surface area contributed by atoms with Crippen LogP contribution >= 0.6 is 0 Å². The van der Waals surface area contributed by atoms with Crippen molar-refractivity contribution < 1.29 is 19.1 Å². The summed E-state index contributed by atoms with van der Waals surface area (Å²) in [5.74, 6) is -0.315. The highest BCUT2D eigenvalue weighted by Crippen LogP contribution is 2.37. The van der Waals surface area contributed by atoms with Gasteiger partial charge in [0.25, 0.3) is 0 Å². The van der Waals surface area contributed by atoms with Gasteiger partial charge in [0.15, 0.2) is 6.61 Å². The average molecular weight is 355 g/mol. The van der Waals surface area contributed by atoms with E-state index in [-0.39, 0.29) is 49.1 Å². The fraction of sp³-hybridized carbons (Fsp3) is 0.474. The van der Waals surface area contributed by atoms with Gasteiger partial charge in [-0.25, -0.2) is 0 Å². The van der Waals surface area contributed by atoms with Crippen LogP contribution < -0.4 is 10.1 Å². The first-order valence-electron chi connectivity index (χ1n) is 8.85. The number of ether oxygens (including phenoxy) is 1. The van der Waals surface area contributed by atoms with Gasteiger partial charge in [-0.3, -0.25) is 19.3 Å². The van der Waals surface area contributed by atoms with Crippen LogP contribution in [0.2, 0.25) is 0 Å². The normalized spacial score (nSPS) is 21.9. The zero-order valence-corrected chi connectivity index (χ0v) is 14.4. The number of anilines is 1. The van der Waals surface area contributed by atoms with Gasteiger partial charge in [0.2, 0.25) is 17.7 Å². The standard InChI is InChI=1S/C19H21N3O4/c20-10-12-26-14-7-5-13(6-8-14)21-17(23)9-11-22-18(24)15-3-1-2-4-16(15)19(22)25/h5-8,15-16H,1-4,9,11-12H2,(H,21,23). The summed E-state index contributed by atoms with van der Waals surface area (Å²) in [5.41, 5.74) is 0.590. The smallest absolute Gasteiger partial charge is 0.233 e. The Morgan fingerprint density at radius 3 is 2.35 bits per heavy atom. The molecule has 1 saturated carbocycles. The average Bonchev–Trinajstić information content (AvgIpc) is 2.90. The van der Waals surface area contributed by atoms with Gasteiger partial charge in [0, 0.05) is 18.7 Å². The molecule has 1 aromatic carbocycles. The molecule has 26 heavy (non-hydrogen) atoms. The second kappa shape index (κ2) is 8.00. The highest BCUT2D eigenvalue weighted by Gasteiger charge is 2.47. The SMILES string of the molecule is N#CCOc1ccc(NC(=O)CCN2C(=O)C3CCCCC3C2=O)cc1. The second-order valence-corrected chi connectivity index (χ2v) is 6.59. The number of nitriles is 1. The van der Waals surface area contributed by atoms with Gasteiger partial charge in [0.1, 0.15) is 11.8 Å². The largest absolute Gasteiger partial charge is 0.479 e. The third-order valence-electron chi connectivity index (χ3n) is 4.94. The molecule has 0 aromatic heterocycles. The summed E-state index contributed by atoms with van der Waals surface area (Å²) in [6.07, 6.45) is 3.60. The highest BCUT2D eigenvalue weighted by molar-refractivity contribution is 6.05. The van der Waals surface area contributed by atoms with Crippen molar-refractivity contribution >= 4 is 23.4 Å². The zero-order valence-electron chi connectivity index (χ0n) is 14.4. The molecule has 7 heteroatoms. The van der Waals surface area contributed by atoms with Crippen LogP contribution in [0.25, 0.3) is 0 Å². The van der Waals surface area contributed by atoms with Crippen LogP contribution in [0.1, 0.15) is 32.1 Å². The molecule has 1 aliphatic heterocycles. The van der Waals surface area contributed by atoms with E-state index in [9.17, 15) is 14.4 Å². The Kier molecular flexibility index (Phi) is 5.52. The van der Waals surface area contributed by atoms with Crippen LogP contribution in [0, 0.1) is 23.2 Å². The molecular formula is C19H21N3O4. The van der Waals surface area contributed by atoms with E-state index >= 15 is 0 Å². The monoisotopic (exact) mass is 355 g/mol. The molecular weight excluding hydrogens is 334 g/mol. The summed E-state index contributed by atoms with van der Waals surface area (Å²) in [4.78, 5) is 38.1. The van der Waals surface area contributed by atoms with Crippen molar-refractivity contribution in [2.45, 2.75) is 32.1 Å². The van der Waals surface area contributed by atoms with Crippen LogP contribution in [-0.2, 0) is 14.4 Å². The van der Waals surface area contributed by atoms with Crippen molar-refractivity contribution in [3.05, 3.63) is 24.3 Å². The number of fused-ring (bicyclic) bond motifs is 1. The van der Waals surface area contributed by atoms with Gasteiger partial charge in [-0.1, -0.05) is 12.8 Å². The predicted molar refractivity (Wildman–Crippen MR) is 93.0 cm³/mol. The number of amides is 3. The summed E-state index contributed by atoms with van der Waals surface area (Å²) < 4.78 is 5.14. The number of nitrogens with zero attached hydrogens (tertiary/aromatic N) is 2. The molecule has 136 valence electrons. The minimum Gasteiger partial charge on any atom is -0.479 e. The Labute approximate surface area is 151 Å². The molecule has 7 nitrogen and oxygen atoms in total. The third-order valence-corrected chi connectivity index (χ3v) is 4.94. The molecule has 2 unspecified atom stereocenters. The van der Waals surface area contributed by atoms with Crippen molar-refractivity contribution in [1.29, 1.82) is 5.26 Å². The van der Waals surface area contributed by atoms with Crippen LogP contribution in [0.4, 0.5) is 5.69 Å². The van der Waals surface area contributed by atoms with E-state index in [4.69, 9.17) is 10.00 Å². The number of carbonyl (C=O) groups is 3. The zero-order chi connectivity index (χ0) is 18.5. The molecule has 1 heterocycles. The fourth-order valence-electron chi connectivity index (χ4n) is 3.64. The molecule has 1 aromatic rings. The van der Waals surface area contributed by atoms with Gasteiger partial charge < -0.3 is 10.1 Å². The molecule has 3 amide bonds. The Balaban J connectivity index is 1.50. The molecule has 0 spiro atoms.